The molecule has 2 fully saturated rings. The molecule has 144 valence electrons. The molecule has 26 heavy (non-hydrogen) atoms. The molecule has 0 radical (unpaired) electrons. The first-order chi connectivity index (χ1) is 12.7. The van der Waals surface area contributed by atoms with Gasteiger partial charge in [-0.15, -0.1) is 0 Å². The number of piperazine rings is 1. The van der Waals surface area contributed by atoms with Crippen LogP contribution in [0.4, 0.5) is 5.95 Å². The van der Waals surface area contributed by atoms with E-state index < -0.39 is 0 Å². The summed E-state index contributed by atoms with van der Waals surface area (Å²) in [7, 11) is 1.88. The predicted molar refractivity (Wildman–Crippen MR) is 107 cm³/mol. The minimum Gasteiger partial charge on any atom is -0.355 e. The van der Waals surface area contributed by atoms with Crippen molar-refractivity contribution in [3.05, 3.63) is 18.5 Å². The maximum Gasteiger partial charge on any atom is 0.225 e. The molecule has 0 aliphatic carbocycles. The molecule has 3 heterocycles. The molecule has 1 aromatic rings. The van der Waals surface area contributed by atoms with E-state index in [0.29, 0.717) is 6.04 Å². The van der Waals surface area contributed by atoms with Crippen LogP contribution in [0.1, 0.15) is 26.7 Å². The highest BCUT2D eigenvalue weighted by atomic mass is 15.4. The summed E-state index contributed by atoms with van der Waals surface area (Å²) in [4.78, 5) is 20.4. The van der Waals surface area contributed by atoms with Crippen molar-refractivity contribution >= 4 is 11.9 Å². The molecule has 0 amide bonds. The third-order valence-electron chi connectivity index (χ3n) is 5.62. The van der Waals surface area contributed by atoms with Gasteiger partial charge in [0, 0.05) is 58.2 Å². The van der Waals surface area contributed by atoms with Crippen LogP contribution in [0.5, 0.6) is 0 Å². The number of hydrogen-bond acceptors (Lipinski definition) is 5. The number of hydrogen-bond donors (Lipinski definition) is 1. The normalized spacial score (nSPS) is 21.7. The van der Waals surface area contributed by atoms with E-state index in [-0.39, 0.29) is 0 Å². The standard InChI is InChI=1S/C19H33N7/c1-16-5-9-24(10-6-16)17(2)15-23-18(20-3)25-11-13-26(14-12-25)19-21-7-4-8-22-19/h4,7-8,16-17H,5-6,9-15H2,1-3H3,(H,20,23). The highest BCUT2D eigenvalue weighted by molar-refractivity contribution is 5.80. The number of guanidine groups is 1. The molecule has 0 spiro atoms. The van der Waals surface area contributed by atoms with Crippen LogP contribution in [-0.4, -0.2) is 84.6 Å². The van der Waals surface area contributed by atoms with Gasteiger partial charge in [0.1, 0.15) is 0 Å². The molecule has 7 heteroatoms. The SMILES string of the molecule is CN=C(NCC(C)N1CCC(C)CC1)N1CCN(c2ncccn2)CC1. The van der Waals surface area contributed by atoms with Gasteiger partial charge >= 0.3 is 0 Å². The second kappa shape index (κ2) is 9.16. The van der Waals surface area contributed by atoms with Gasteiger partial charge in [-0.25, -0.2) is 9.97 Å². The van der Waals surface area contributed by atoms with Gasteiger partial charge in [0.15, 0.2) is 5.96 Å². The van der Waals surface area contributed by atoms with Crippen LogP contribution in [0.15, 0.2) is 23.5 Å². The number of piperidine rings is 1. The highest BCUT2D eigenvalue weighted by Gasteiger charge is 2.23. The van der Waals surface area contributed by atoms with E-state index in [4.69, 9.17) is 0 Å². The summed E-state index contributed by atoms with van der Waals surface area (Å²) < 4.78 is 0. The van der Waals surface area contributed by atoms with E-state index in [1.54, 1.807) is 12.4 Å². The largest absolute Gasteiger partial charge is 0.355 e. The third-order valence-corrected chi connectivity index (χ3v) is 5.62. The van der Waals surface area contributed by atoms with Crippen LogP contribution in [0.25, 0.3) is 0 Å². The number of anilines is 1. The minimum atomic E-state index is 0.540. The molecule has 3 rings (SSSR count). The Morgan fingerprint density at radius 2 is 1.81 bits per heavy atom. The summed E-state index contributed by atoms with van der Waals surface area (Å²) in [5, 5.41) is 3.59. The average Bonchev–Trinajstić information content (AvgIpc) is 2.70. The zero-order valence-corrected chi connectivity index (χ0v) is 16.4. The first-order valence-electron chi connectivity index (χ1n) is 9.89. The van der Waals surface area contributed by atoms with Gasteiger partial charge in [0.2, 0.25) is 5.95 Å². The smallest absolute Gasteiger partial charge is 0.225 e. The molecule has 0 aromatic carbocycles. The Kier molecular flexibility index (Phi) is 6.66. The van der Waals surface area contributed by atoms with Gasteiger partial charge in [-0.05, 0) is 44.8 Å². The number of aliphatic imine (C=N–C) groups is 1. The molecule has 0 saturated carbocycles. The van der Waals surface area contributed by atoms with Crippen molar-refractivity contribution in [3.8, 4) is 0 Å². The molecule has 7 nitrogen and oxygen atoms in total. The number of rotatable bonds is 4. The van der Waals surface area contributed by atoms with E-state index in [9.17, 15) is 0 Å². The van der Waals surface area contributed by atoms with Gasteiger partial charge in [-0.3, -0.25) is 9.89 Å². The lowest BCUT2D eigenvalue weighted by Crippen LogP contribution is -2.54. The first-order valence-corrected chi connectivity index (χ1v) is 9.89. The zero-order chi connectivity index (χ0) is 18.4. The fourth-order valence-corrected chi connectivity index (χ4v) is 3.74. The molecule has 2 aliphatic heterocycles. The van der Waals surface area contributed by atoms with Crippen molar-refractivity contribution in [2.75, 3.05) is 57.8 Å². The molecule has 1 atom stereocenters. The van der Waals surface area contributed by atoms with Crippen molar-refractivity contribution in [2.24, 2.45) is 10.9 Å². The Morgan fingerprint density at radius 1 is 1.15 bits per heavy atom. The second-order valence-corrected chi connectivity index (χ2v) is 7.52. The molecule has 2 aliphatic rings. The quantitative estimate of drug-likeness (QED) is 0.646. The molecular formula is C19H33N7. The molecule has 0 bridgehead atoms. The lowest BCUT2D eigenvalue weighted by Gasteiger charge is -2.38. The maximum absolute atomic E-state index is 4.50. The second-order valence-electron chi connectivity index (χ2n) is 7.52. The number of likely N-dealkylation sites (tertiary alicyclic amines) is 1. The average molecular weight is 360 g/mol. The molecular weight excluding hydrogens is 326 g/mol. The van der Waals surface area contributed by atoms with Crippen molar-refractivity contribution in [3.63, 3.8) is 0 Å². The number of aromatic nitrogens is 2. The van der Waals surface area contributed by atoms with Crippen molar-refractivity contribution in [1.29, 1.82) is 0 Å². The third kappa shape index (κ3) is 4.84. The van der Waals surface area contributed by atoms with Crippen molar-refractivity contribution < 1.29 is 0 Å². The first kappa shape index (κ1) is 18.9. The summed E-state index contributed by atoms with van der Waals surface area (Å²) in [6.07, 6.45) is 6.25. The van der Waals surface area contributed by atoms with Crippen LogP contribution in [0, 0.1) is 5.92 Å². The van der Waals surface area contributed by atoms with E-state index in [0.717, 1.165) is 50.5 Å². The van der Waals surface area contributed by atoms with Crippen LogP contribution >= 0.6 is 0 Å². The Morgan fingerprint density at radius 3 is 2.42 bits per heavy atom. The predicted octanol–water partition coefficient (Wildman–Crippen LogP) is 1.29. The van der Waals surface area contributed by atoms with Gasteiger partial charge in [0.05, 0.1) is 0 Å². The lowest BCUT2D eigenvalue weighted by atomic mass is 9.98. The van der Waals surface area contributed by atoms with Gasteiger partial charge in [-0.1, -0.05) is 6.92 Å². The van der Waals surface area contributed by atoms with Gasteiger partial charge < -0.3 is 15.1 Å². The number of nitrogens with zero attached hydrogens (tertiary/aromatic N) is 6. The van der Waals surface area contributed by atoms with Gasteiger partial charge in [0.25, 0.3) is 0 Å². The summed E-state index contributed by atoms with van der Waals surface area (Å²) in [5.74, 6) is 2.71. The summed E-state index contributed by atoms with van der Waals surface area (Å²) in [5.41, 5.74) is 0. The van der Waals surface area contributed by atoms with E-state index in [2.05, 4.69) is 48.8 Å². The Hall–Kier alpha value is -1.89. The van der Waals surface area contributed by atoms with Crippen LogP contribution < -0.4 is 10.2 Å². The van der Waals surface area contributed by atoms with Crippen LogP contribution in [-0.2, 0) is 0 Å². The number of nitrogens with one attached hydrogen (secondary N) is 1. The maximum atomic E-state index is 4.50. The van der Waals surface area contributed by atoms with Crippen molar-refractivity contribution in [1.82, 2.24) is 25.1 Å². The summed E-state index contributed by atoms with van der Waals surface area (Å²) in [6, 6.07) is 2.40. The topological polar surface area (TPSA) is 59.9 Å². The van der Waals surface area contributed by atoms with E-state index in [1.807, 2.05) is 13.1 Å². The molecule has 2 saturated heterocycles. The minimum absolute atomic E-state index is 0.540. The van der Waals surface area contributed by atoms with Crippen LogP contribution in [0.2, 0.25) is 0 Å². The molecule has 1 aromatic heterocycles. The van der Waals surface area contributed by atoms with E-state index in [1.165, 1.54) is 25.9 Å². The Balaban J connectivity index is 1.45. The fraction of sp³-hybridized carbons (Fsp3) is 0.737. The zero-order valence-electron chi connectivity index (χ0n) is 16.4. The monoisotopic (exact) mass is 359 g/mol. The van der Waals surface area contributed by atoms with Crippen molar-refractivity contribution in [2.45, 2.75) is 32.7 Å². The molecule has 1 N–H and O–H groups in total. The summed E-state index contributed by atoms with van der Waals surface area (Å²) >= 11 is 0. The Labute approximate surface area is 157 Å². The molecule has 1 unspecified atom stereocenters. The Bertz CT molecular complexity index is 561. The van der Waals surface area contributed by atoms with Crippen LogP contribution in [0.3, 0.4) is 0 Å². The summed E-state index contributed by atoms with van der Waals surface area (Å²) in [6.45, 7) is 11.8. The fourth-order valence-electron chi connectivity index (χ4n) is 3.74. The lowest BCUT2D eigenvalue weighted by molar-refractivity contribution is 0.147. The highest BCUT2D eigenvalue weighted by Crippen LogP contribution is 2.17. The van der Waals surface area contributed by atoms with E-state index >= 15 is 0 Å². The van der Waals surface area contributed by atoms with Gasteiger partial charge in [-0.2, -0.15) is 0 Å².